The van der Waals surface area contributed by atoms with E-state index in [9.17, 15) is 13.2 Å². The van der Waals surface area contributed by atoms with Gasteiger partial charge < -0.3 is 14.6 Å². The second-order valence-electron chi connectivity index (χ2n) is 9.13. The number of carbonyl (C=O) groups is 1. The van der Waals surface area contributed by atoms with Crippen LogP contribution in [-0.2, 0) is 20.2 Å². The van der Waals surface area contributed by atoms with E-state index in [1.165, 1.54) is 29.8 Å². The number of hydrogen-bond acceptors (Lipinski definition) is 6. The fraction of sp³-hybridized carbons (Fsp3) is 0.360. The van der Waals surface area contributed by atoms with Gasteiger partial charge in [0.15, 0.2) is 0 Å². The van der Waals surface area contributed by atoms with Gasteiger partial charge in [-0.25, -0.2) is 13.1 Å². The molecule has 0 aliphatic rings. The summed E-state index contributed by atoms with van der Waals surface area (Å²) in [6, 6.07) is 13.9. The normalized spacial score (nSPS) is 11.8. The second kappa shape index (κ2) is 10.3. The minimum absolute atomic E-state index is 0.0461. The molecule has 0 saturated carbocycles. The Bertz CT molecular complexity index is 1230. The molecular weight excluding hydrogens is 454 g/mol. The fourth-order valence-electron chi connectivity index (χ4n) is 3.11. The molecule has 0 spiro atoms. The van der Waals surface area contributed by atoms with Crippen molar-refractivity contribution < 1.29 is 22.5 Å². The monoisotopic (exact) mass is 485 g/mol. The zero-order valence-electron chi connectivity index (χ0n) is 20.1. The van der Waals surface area contributed by atoms with Crippen LogP contribution in [0.3, 0.4) is 0 Å². The van der Waals surface area contributed by atoms with E-state index in [-0.39, 0.29) is 28.5 Å². The average Bonchev–Trinajstić information content (AvgIpc) is 3.08. The van der Waals surface area contributed by atoms with Gasteiger partial charge in [-0.05, 0) is 67.6 Å². The predicted molar refractivity (Wildman–Crippen MR) is 132 cm³/mol. The summed E-state index contributed by atoms with van der Waals surface area (Å²) in [4.78, 5) is 12.3. The first-order valence-electron chi connectivity index (χ1n) is 11.0. The third kappa shape index (κ3) is 6.60. The first kappa shape index (κ1) is 25.3. The van der Waals surface area contributed by atoms with E-state index < -0.39 is 10.0 Å². The number of ether oxygens (including phenoxy) is 1. The molecule has 9 heteroatoms. The molecule has 1 heterocycles. The molecule has 2 N–H and O–H groups in total. The van der Waals surface area contributed by atoms with Gasteiger partial charge in [0.1, 0.15) is 5.75 Å². The number of amides is 1. The quantitative estimate of drug-likeness (QED) is 0.404. The smallest absolute Gasteiger partial charge is 0.264 e. The molecule has 8 nitrogen and oxygen atoms in total. The summed E-state index contributed by atoms with van der Waals surface area (Å²) in [5.41, 5.74) is 3.06. The lowest BCUT2D eigenvalue weighted by molar-refractivity contribution is -0.116. The summed E-state index contributed by atoms with van der Waals surface area (Å²) in [6.45, 7) is 10.3. The summed E-state index contributed by atoms with van der Waals surface area (Å²) < 4.78 is 38.2. The van der Waals surface area contributed by atoms with Crippen LogP contribution in [0.25, 0.3) is 0 Å². The van der Waals surface area contributed by atoms with Crippen LogP contribution in [0.1, 0.15) is 50.4 Å². The molecular formula is C25H31N3O5S. The van der Waals surface area contributed by atoms with Crippen LogP contribution in [0.5, 0.6) is 5.75 Å². The number of anilines is 2. The van der Waals surface area contributed by atoms with Crippen LogP contribution in [0.2, 0.25) is 0 Å². The van der Waals surface area contributed by atoms with E-state index in [1.807, 2.05) is 12.1 Å². The molecule has 1 amide bonds. The van der Waals surface area contributed by atoms with Gasteiger partial charge >= 0.3 is 0 Å². The number of sulfonamides is 1. The van der Waals surface area contributed by atoms with Crippen LogP contribution in [0.15, 0.2) is 57.9 Å². The molecule has 0 saturated heterocycles. The number of aromatic nitrogens is 1. The Balaban J connectivity index is 1.46. The lowest BCUT2D eigenvalue weighted by atomic mass is 9.87. The molecule has 3 aromatic rings. The molecule has 0 atom stereocenters. The Hall–Kier alpha value is -3.33. The number of rotatable bonds is 9. The van der Waals surface area contributed by atoms with Crippen molar-refractivity contribution in [1.82, 2.24) is 5.16 Å². The summed E-state index contributed by atoms with van der Waals surface area (Å²) in [7, 11) is -3.84. The van der Waals surface area contributed by atoms with Crippen molar-refractivity contribution >= 4 is 27.5 Å². The summed E-state index contributed by atoms with van der Waals surface area (Å²) in [5, 5.41) is 6.51. The Morgan fingerprint density at radius 2 is 1.68 bits per heavy atom. The van der Waals surface area contributed by atoms with Crippen molar-refractivity contribution in [2.24, 2.45) is 0 Å². The Kier molecular flexibility index (Phi) is 7.66. The van der Waals surface area contributed by atoms with E-state index >= 15 is 0 Å². The SMILES string of the molecule is Cc1noc(NS(=O)(=O)c2ccc(NC(=O)CCCOc3ccc(C(C)(C)C)cc3)cc2)c1C. The van der Waals surface area contributed by atoms with Crippen LogP contribution in [0.4, 0.5) is 11.6 Å². The van der Waals surface area contributed by atoms with Crippen molar-refractivity contribution in [3.8, 4) is 5.75 Å². The summed E-state index contributed by atoms with van der Waals surface area (Å²) in [5.74, 6) is 0.685. The molecule has 3 rings (SSSR count). The van der Waals surface area contributed by atoms with Gasteiger partial charge in [0, 0.05) is 17.7 Å². The highest BCUT2D eigenvalue weighted by molar-refractivity contribution is 7.92. The molecule has 0 radical (unpaired) electrons. The average molecular weight is 486 g/mol. The van der Waals surface area contributed by atoms with Gasteiger partial charge in [-0.15, -0.1) is 0 Å². The maximum Gasteiger partial charge on any atom is 0.264 e. The number of aryl methyl sites for hydroxylation is 1. The van der Waals surface area contributed by atoms with E-state index in [0.717, 1.165) is 5.75 Å². The lowest BCUT2D eigenvalue weighted by Crippen LogP contribution is -2.14. The minimum Gasteiger partial charge on any atom is -0.494 e. The molecule has 1 aromatic heterocycles. The van der Waals surface area contributed by atoms with Crippen LogP contribution < -0.4 is 14.8 Å². The van der Waals surface area contributed by atoms with Gasteiger partial charge in [0.2, 0.25) is 11.8 Å². The summed E-state index contributed by atoms with van der Waals surface area (Å²) >= 11 is 0. The predicted octanol–water partition coefficient (Wildman–Crippen LogP) is 5.19. The molecule has 0 unspecified atom stereocenters. The Morgan fingerprint density at radius 1 is 1.03 bits per heavy atom. The molecule has 0 aliphatic carbocycles. The van der Waals surface area contributed by atoms with E-state index in [4.69, 9.17) is 9.26 Å². The van der Waals surface area contributed by atoms with E-state index in [1.54, 1.807) is 13.8 Å². The number of hydrogen-bond donors (Lipinski definition) is 2. The minimum atomic E-state index is -3.84. The van der Waals surface area contributed by atoms with Gasteiger partial charge in [-0.3, -0.25) is 4.79 Å². The van der Waals surface area contributed by atoms with E-state index in [2.05, 4.69) is 48.1 Å². The fourth-order valence-corrected chi connectivity index (χ4v) is 4.15. The molecule has 0 fully saturated rings. The molecule has 34 heavy (non-hydrogen) atoms. The first-order valence-corrected chi connectivity index (χ1v) is 12.5. The lowest BCUT2D eigenvalue weighted by Gasteiger charge is -2.19. The van der Waals surface area contributed by atoms with Crippen LogP contribution in [0, 0.1) is 13.8 Å². The third-order valence-electron chi connectivity index (χ3n) is 5.37. The van der Waals surface area contributed by atoms with Crippen molar-refractivity contribution in [2.75, 3.05) is 16.6 Å². The Morgan fingerprint density at radius 3 is 2.24 bits per heavy atom. The van der Waals surface area contributed by atoms with Crippen molar-refractivity contribution in [3.05, 3.63) is 65.4 Å². The van der Waals surface area contributed by atoms with Crippen molar-refractivity contribution in [1.29, 1.82) is 0 Å². The van der Waals surface area contributed by atoms with Gasteiger partial charge in [0.05, 0.1) is 17.2 Å². The maximum atomic E-state index is 12.6. The highest BCUT2D eigenvalue weighted by Crippen LogP contribution is 2.25. The second-order valence-corrected chi connectivity index (χ2v) is 10.8. The van der Waals surface area contributed by atoms with Crippen LogP contribution in [-0.4, -0.2) is 26.1 Å². The third-order valence-corrected chi connectivity index (χ3v) is 6.72. The zero-order valence-corrected chi connectivity index (χ0v) is 21.0. The van der Waals surface area contributed by atoms with Gasteiger partial charge in [-0.1, -0.05) is 38.1 Å². The standard InChI is InChI=1S/C25H31N3O5S/c1-17-18(2)27-33-24(17)28-34(30,31)22-14-10-20(11-15-22)26-23(29)7-6-16-32-21-12-8-19(9-13-21)25(3,4)5/h8-15,28H,6-7,16H2,1-5H3,(H,26,29). The number of nitrogens with one attached hydrogen (secondary N) is 2. The number of carbonyl (C=O) groups excluding carboxylic acids is 1. The molecule has 0 aliphatic heterocycles. The van der Waals surface area contributed by atoms with Crippen LogP contribution >= 0.6 is 0 Å². The highest BCUT2D eigenvalue weighted by atomic mass is 32.2. The van der Waals surface area contributed by atoms with Gasteiger partial charge in [0.25, 0.3) is 10.0 Å². The molecule has 2 aromatic carbocycles. The topological polar surface area (TPSA) is 111 Å². The van der Waals surface area contributed by atoms with Gasteiger partial charge in [-0.2, -0.15) is 0 Å². The molecule has 0 bridgehead atoms. The Labute approximate surface area is 200 Å². The van der Waals surface area contributed by atoms with E-state index in [0.29, 0.717) is 30.0 Å². The maximum absolute atomic E-state index is 12.6. The van der Waals surface area contributed by atoms with Crippen molar-refractivity contribution in [3.63, 3.8) is 0 Å². The van der Waals surface area contributed by atoms with Crippen molar-refractivity contribution in [2.45, 2.75) is 57.8 Å². The summed E-state index contributed by atoms with van der Waals surface area (Å²) in [6.07, 6.45) is 0.838. The zero-order chi connectivity index (χ0) is 24.9. The number of nitrogens with zero attached hydrogens (tertiary/aromatic N) is 1. The number of benzene rings is 2. The first-order chi connectivity index (χ1) is 16.0. The highest BCUT2D eigenvalue weighted by Gasteiger charge is 2.19. The largest absolute Gasteiger partial charge is 0.494 e. The molecule has 182 valence electrons.